The zero-order valence-electron chi connectivity index (χ0n) is 11.4. The van der Waals surface area contributed by atoms with Crippen molar-refractivity contribution in [3.05, 3.63) is 0 Å². The maximum Gasteiger partial charge on any atom is 0.223 e. The number of nitrogens with one attached hydrogen (secondary N) is 3. The van der Waals surface area contributed by atoms with E-state index in [1.165, 1.54) is 0 Å². The van der Waals surface area contributed by atoms with Crippen LogP contribution in [-0.4, -0.2) is 37.5 Å². The first-order valence-electron chi connectivity index (χ1n) is 6.91. The first-order valence-corrected chi connectivity index (χ1v) is 6.91. The molecule has 104 valence electrons. The number of carbonyl (C=O) groups is 2. The third-order valence-corrected chi connectivity index (χ3v) is 2.99. The summed E-state index contributed by atoms with van der Waals surface area (Å²) < 4.78 is 0. The Morgan fingerprint density at radius 1 is 1.28 bits per heavy atom. The number of hydrogen-bond donors (Lipinski definition) is 3. The zero-order valence-corrected chi connectivity index (χ0v) is 11.4. The monoisotopic (exact) mass is 255 g/mol. The molecule has 18 heavy (non-hydrogen) atoms. The normalized spacial score (nSPS) is 16.1. The second-order valence-corrected chi connectivity index (χ2v) is 4.93. The molecule has 1 aliphatic carbocycles. The summed E-state index contributed by atoms with van der Waals surface area (Å²) in [7, 11) is 0. The highest BCUT2D eigenvalue weighted by Crippen LogP contribution is 2.28. The van der Waals surface area contributed by atoms with Gasteiger partial charge in [-0.1, -0.05) is 6.92 Å². The Bertz CT molecular complexity index is 277. The van der Waals surface area contributed by atoms with Crippen molar-refractivity contribution in [2.24, 2.45) is 5.92 Å². The highest BCUT2D eigenvalue weighted by Gasteiger charge is 2.28. The molecule has 3 N–H and O–H groups in total. The second kappa shape index (κ2) is 8.08. The SMILES string of the molecule is CCN[C@H](C)CNC(=O)CCCNC(=O)C1CC1. The van der Waals surface area contributed by atoms with Crippen LogP contribution in [0.2, 0.25) is 0 Å². The van der Waals surface area contributed by atoms with E-state index in [1.807, 2.05) is 13.8 Å². The molecule has 0 heterocycles. The van der Waals surface area contributed by atoms with Gasteiger partial charge in [0, 0.05) is 31.5 Å². The van der Waals surface area contributed by atoms with Crippen LogP contribution < -0.4 is 16.0 Å². The summed E-state index contributed by atoms with van der Waals surface area (Å²) in [5.74, 6) is 0.455. The molecule has 1 rings (SSSR count). The second-order valence-electron chi connectivity index (χ2n) is 4.93. The smallest absolute Gasteiger partial charge is 0.223 e. The van der Waals surface area contributed by atoms with Crippen LogP contribution in [0.15, 0.2) is 0 Å². The van der Waals surface area contributed by atoms with Crippen LogP contribution in [0.1, 0.15) is 39.5 Å². The minimum absolute atomic E-state index is 0.0559. The first-order chi connectivity index (χ1) is 8.63. The molecular formula is C13H25N3O2. The summed E-state index contributed by atoms with van der Waals surface area (Å²) in [5, 5.41) is 8.96. The number of likely N-dealkylation sites (N-methyl/N-ethyl adjacent to an activating group) is 1. The molecule has 0 aromatic rings. The maximum atomic E-state index is 11.5. The lowest BCUT2D eigenvalue weighted by molar-refractivity contribution is -0.123. The highest BCUT2D eigenvalue weighted by atomic mass is 16.2. The van der Waals surface area contributed by atoms with Crippen molar-refractivity contribution in [1.82, 2.24) is 16.0 Å². The van der Waals surface area contributed by atoms with Crippen molar-refractivity contribution in [3.63, 3.8) is 0 Å². The van der Waals surface area contributed by atoms with Crippen molar-refractivity contribution in [2.75, 3.05) is 19.6 Å². The van der Waals surface area contributed by atoms with Crippen molar-refractivity contribution >= 4 is 11.8 Å². The van der Waals surface area contributed by atoms with Crippen molar-refractivity contribution in [1.29, 1.82) is 0 Å². The molecule has 0 aliphatic heterocycles. The summed E-state index contributed by atoms with van der Waals surface area (Å²) >= 11 is 0. The standard InChI is InChI=1S/C13H25N3O2/c1-3-14-10(2)9-16-12(17)5-4-8-15-13(18)11-6-7-11/h10-11,14H,3-9H2,1-2H3,(H,15,18)(H,16,17)/t10-/m1/s1. The van der Waals surface area contributed by atoms with Crippen LogP contribution in [0, 0.1) is 5.92 Å². The van der Waals surface area contributed by atoms with E-state index in [4.69, 9.17) is 0 Å². The van der Waals surface area contributed by atoms with E-state index in [0.29, 0.717) is 32.0 Å². The Morgan fingerprint density at radius 3 is 2.61 bits per heavy atom. The predicted molar refractivity (Wildman–Crippen MR) is 71.1 cm³/mol. The molecule has 2 amide bonds. The Kier molecular flexibility index (Phi) is 6.72. The lowest BCUT2D eigenvalue weighted by Crippen LogP contribution is -2.39. The summed E-state index contributed by atoms with van der Waals surface area (Å²) in [4.78, 5) is 22.8. The molecule has 0 saturated heterocycles. The molecule has 0 radical (unpaired) electrons. The number of carbonyl (C=O) groups excluding carboxylic acids is 2. The van der Waals surface area contributed by atoms with Gasteiger partial charge in [-0.15, -0.1) is 0 Å². The number of amides is 2. The fraction of sp³-hybridized carbons (Fsp3) is 0.846. The lowest BCUT2D eigenvalue weighted by atomic mass is 10.2. The Balaban J connectivity index is 1.94. The van der Waals surface area contributed by atoms with Gasteiger partial charge >= 0.3 is 0 Å². The molecule has 1 atom stereocenters. The van der Waals surface area contributed by atoms with Gasteiger partial charge in [-0.2, -0.15) is 0 Å². The van der Waals surface area contributed by atoms with Gasteiger partial charge in [0.05, 0.1) is 0 Å². The summed E-state index contributed by atoms with van der Waals surface area (Å²) in [5.41, 5.74) is 0. The lowest BCUT2D eigenvalue weighted by Gasteiger charge is -2.13. The summed E-state index contributed by atoms with van der Waals surface area (Å²) in [6, 6.07) is 0.300. The van der Waals surface area contributed by atoms with Crippen LogP contribution in [0.3, 0.4) is 0 Å². The predicted octanol–water partition coefficient (Wildman–Crippen LogP) is 0.407. The fourth-order valence-corrected chi connectivity index (χ4v) is 1.73. The van der Waals surface area contributed by atoms with Gasteiger partial charge in [0.2, 0.25) is 11.8 Å². The third-order valence-electron chi connectivity index (χ3n) is 2.99. The van der Waals surface area contributed by atoms with E-state index in [-0.39, 0.29) is 17.7 Å². The van der Waals surface area contributed by atoms with Crippen LogP contribution in [0.5, 0.6) is 0 Å². The molecule has 1 saturated carbocycles. The molecule has 0 unspecified atom stereocenters. The zero-order chi connectivity index (χ0) is 13.4. The van der Waals surface area contributed by atoms with Gasteiger partial charge in [-0.25, -0.2) is 0 Å². The van der Waals surface area contributed by atoms with E-state index < -0.39 is 0 Å². The fourth-order valence-electron chi connectivity index (χ4n) is 1.73. The van der Waals surface area contributed by atoms with E-state index in [1.54, 1.807) is 0 Å². The quantitative estimate of drug-likeness (QED) is 0.523. The van der Waals surface area contributed by atoms with Crippen molar-refractivity contribution in [3.8, 4) is 0 Å². The Hall–Kier alpha value is -1.10. The van der Waals surface area contributed by atoms with E-state index >= 15 is 0 Å². The molecule has 1 aliphatic rings. The molecular weight excluding hydrogens is 230 g/mol. The Labute approximate surface area is 109 Å². The number of hydrogen-bond acceptors (Lipinski definition) is 3. The van der Waals surface area contributed by atoms with E-state index in [2.05, 4.69) is 16.0 Å². The van der Waals surface area contributed by atoms with Crippen LogP contribution >= 0.6 is 0 Å². The van der Waals surface area contributed by atoms with Gasteiger partial charge in [-0.05, 0) is 32.7 Å². The molecule has 0 aromatic carbocycles. The van der Waals surface area contributed by atoms with Gasteiger partial charge in [-0.3, -0.25) is 9.59 Å². The van der Waals surface area contributed by atoms with Crippen LogP contribution in [0.25, 0.3) is 0 Å². The average Bonchev–Trinajstić information content (AvgIpc) is 3.16. The van der Waals surface area contributed by atoms with Crippen molar-refractivity contribution in [2.45, 2.75) is 45.6 Å². The van der Waals surface area contributed by atoms with Gasteiger partial charge in [0.1, 0.15) is 0 Å². The number of rotatable bonds is 9. The van der Waals surface area contributed by atoms with Gasteiger partial charge in [0.25, 0.3) is 0 Å². The van der Waals surface area contributed by atoms with Crippen molar-refractivity contribution < 1.29 is 9.59 Å². The maximum absolute atomic E-state index is 11.5. The summed E-state index contributed by atoms with van der Waals surface area (Å²) in [6.45, 7) is 6.25. The molecule has 0 aromatic heterocycles. The third kappa shape index (κ3) is 6.59. The minimum atomic E-state index is 0.0559. The van der Waals surface area contributed by atoms with Gasteiger partial charge in [0.15, 0.2) is 0 Å². The highest BCUT2D eigenvalue weighted by molar-refractivity contribution is 5.81. The molecule has 0 spiro atoms. The van der Waals surface area contributed by atoms with Gasteiger partial charge < -0.3 is 16.0 Å². The van der Waals surface area contributed by atoms with Crippen LogP contribution in [0.4, 0.5) is 0 Å². The molecule has 0 bridgehead atoms. The summed E-state index contributed by atoms with van der Waals surface area (Å²) in [6.07, 6.45) is 3.23. The van der Waals surface area contributed by atoms with Crippen LogP contribution in [-0.2, 0) is 9.59 Å². The topological polar surface area (TPSA) is 70.2 Å². The molecule has 5 heteroatoms. The molecule has 1 fully saturated rings. The first kappa shape index (κ1) is 15.0. The Morgan fingerprint density at radius 2 is 2.00 bits per heavy atom. The average molecular weight is 255 g/mol. The van der Waals surface area contributed by atoms with E-state index in [9.17, 15) is 9.59 Å². The minimum Gasteiger partial charge on any atom is -0.356 e. The largest absolute Gasteiger partial charge is 0.356 e. The van der Waals surface area contributed by atoms with E-state index in [0.717, 1.165) is 19.4 Å². The molecule has 5 nitrogen and oxygen atoms in total.